The number of Topliss-reactive ketones (excluding diaryl/α,β-unsaturated/α-hetero) is 1. The second kappa shape index (κ2) is 5.34. The standard InChI is InChI=1S/C17H20O/c1-4-13(5-2)17(18)16-12(3)10-11-14-8-6-7-9-15(14)16/h6-11,13H,4-5H2,1-3H3. The van der Waals surface area contributed by atoms with Crippen molar-refractivity contribution in [2.24, 2.45) is 5.92 Å². The van der Waals surface area contributed by atoms with Crippen molar-refractivity contribution in [3.05, 3.63) is 47.5 Å². The number of hydrogen-bond acceptors (Lipinski definition) is 1. The maximum Gasteiger partial charge on any atom is 0.166 e. The summed E-state index contributed by atoms with van der Waals surface area (Å²) in [5, 5.41) is 2.24. The van der Waals surface area contributed by atoms with Crippen LogP contribution in [0.15, 0.2) is 36.4 Å². The Balaban J connectivity index is 2.62. The lowest BCUT2D eigenvalue weighted by Gasteiger charge is -2.15. The van der Waals surface area contributed by atoms with Crippen molar-refractivity contribution in [3.63, 3.8) is 0 Å². The van der Waals surface area contributed by atoms with E-state index in [4.69, 9.17) is 0 Å². The molecule has 0 fully saturated rings. The number of ketones is 1. The third-order valence-corrected chi connectivity index (χ3v) is 3.74. The van der Waals surface area contributed by atoms with Crippen molar-refractivity contribution in [2.45, 2.75) is 33.6 Å². The maximum absolute atomic E-state index is 12.6. The van der Waals surface area contributed by atoms with Gasteiger partial charge in [0, 0.05) is 11.5 Å². The topological polar surface area (TPSA) is 17.1 Å². The van der Waals surface area contributed by atoms with Crippen molar-refractivity contribution < 1.29 is 4.79 Å². The van der Waals surface area contributed by atoms with Gasteiger partial charge >= 0.3 is 0 Å². The van der Waals surface area contributed by atoms with Crippen LogP contribution in [0.4, 0.5) is 0 Å². The van der Waals surface area contributed by atoms with Crippen LogP contribution in [0.25, 0.3) is 10.8 Å². The molecule has 1 nitrogen and oxygen atoms in total. The summed E-state index contributed by atoms with van der Waals surface area (Å²) in [7, 11) is 0. The van der Waals surface area contributed by atoms with Crippen LogP contribution in [0.1, 0.15) is 42.6 Å². The van der Waals surface area contributed by atoms with Gasteiger partial charge in [-0.2, -0.15) is 0 Å². The summed E-state index contributed by atoms with van der Waals surface area (Å²) in [4.78, 5) is 12.6. The Labute approximate surface area is 109 Å². The predicted molar refractivity (Wildman–Crippen MR) is 77.1 cm³/mol. The van der Waals surface area contributed by atoms with Gasteiger partial charge in [0.15, 0.2) is 5.78 Å². The molecule has 0 bridgehead atoms. The van der Waals surface area contributed by atoms with E-state index >= 15 is 0 Å². The van der Waals surface area contributed by atoms with E-state index in [9.17, 15) is 4.79 Å². The van der Waals surface area contributed by atoms with Gasteiger partial charge in [0.25, 0.3) is 0 Å². The molecule has 0 aliphatic rings. The monoisotopic (exact) mass is 240 g/mol. The summed E-state index contributed by atoms with van der Waals surface area (Å²) >= 11 is 0. The van der Waals surface area contributed by atoms with Crippen LogP contribution in [-0.4, -0.2) is 5.78 Å². The summed E-state index contributed by atoms with van der Waals surface area (Å²) in [6.45, 7) is 6.21. The van der Waals surface area contributed by atoms with Gasteiger partial charge in [-0.15, -0.1) is 0 Å². The third-order valence-electron chi connectivity index (χ3n) is 3.74. The molecule has 0 aliphatic carbocycles. The SMILES string of the molecule is CCC(CC)C(=O)c1c(C)ccc2ccccc12. The fourth-order valence-corrected chi connectivity index (χ4v) is 2.57. The molecule has 0 saturated carbocycles. The highest BCUT2D eigenvalue weighted by Gasteiger charge is 2.20. The van der Waals surface area contributed by atoms with E-state index in [1.165, 1.54) is 0 Å². The summed E-state index contributed by atoms with van der Waals surface area (Å²) in [5.41, 5.74) is 2.01. The van der Waals surface area contributed by atoms with Crippen LogP contribution in [-0.2, 0) is 0 Å². The first-order valence-corrected chi connectivity index (χ1v) is 6.71. The van der Waals surface area contributed by atoms with Gasteiger partial charge in [-0.25, -0.2) is 0 Å². The van der Waals surface area contributed by atoms with Crippen LogP contribution in [0.5, 0.6) is 0 Å². The van der Waals surface area contributed by atoms with Crippen molar-refractivity contribution in [1.82, 2.24) is 0 Å². The van der Waals surface area contributed by atoms with Crippen LogP contribution in [0, 0.1) is 12.8 Å². The Kier molecular flexibility index (Phi) is 3.81. The van der Waals surface area contributed by atoms with E-state index in [1.54, 1.807) is 0 Å². The predicted octanol–water partition coefficient (Wildman–Crippen LogP) is 4.77. The first-order chi connectivity index (χ1) is 8.69. The van der Waals surface area contributed by atoms with Crippen LogP contribution in [0.2, 0.25) is 0 Å². The quantitative estimate of drug-likeness (QED) is 0.704. The van der Waals surface area contributed by atoms with Crippen LogP contribution >= 0.6 is 0 Å². The number of hydrogen-bond donors (Lipinski definition) is 0. The molecule has 0 amide bonds. The minimum atomic E-state index is 0.148. The Bertz CT molecular complexity index is 565. The Hall–Kier alpha value is -1.63. The van der Waals surface area contributed by atoms with E-state index in [0.29, 0.717) is 5.78 Å². The average molecular weight is 240 g/mol. The molecule has 0 radical (unpaired) electrons. The molecular weight excluding hydrogens is 220 g/mol. The molecule has 0 aromatic heterocycles. The zero-order chi connectivity index (χ0) is 13.1. The zero-order valence-electron chi connectivity index (χ0n) is 11.4. The fourth-order valence-electron chi connectivity index (χ4n) is 2.57. The minimum absolute atomic E-state index is 0.148. The molecule has 1 heteroatoms. The highest BCUT2D eigenvalue weighted by molar-refractivity contribution is 6.10. The summed E-state index contributed by atoms with van der Waals surface area (Å²) in [6.07, 6.45) is 1.83. The van der Waals surface area contributed by atoms with E-state index in [-0.39, 0.29) is 5.92 Å². The molecule has 0 N–H and O–H groups in total. The average Bonchev–Trinajstić information content (AvgIpc) is 2.39. The van der Waals surface area contributed by atoms with E-state index < -0.39 is 0 Å². The zero-order valence-corrected chi connectivity index (χ0v) is 11.4. The molecule has 2 aromatic rings. The first-order valence-electron chi connectivity index (χ1n) is 6.71. The highest BCUT2D eigenvalue weighted by Crippen LogP contribution is 2.26. The van der Waals surface area contributed by atoms with Crippen molar-refractivity contribution >= 4 is 16.6 Å². The largest absolute Gasteiger partial charge is 0.294 e. The fraction of sp³-hybridized carbons (Fsp3) is 0.353. The number of rotatable bonds is 4. The summed E-state index contributed by atoms with van der Waals surface area (Å²) in [6, 6.07) is 12.3. The molecule has 94 valence electrons. The summed E-state index contributed by atoms with van der Waals surface area (Å²) < 4.78 is 0. The molecule has 0 heterocycles. The van der Waals surface area contributed by atoms with E-state index in [1.807, 2.05) is 19.1 Å². The minimum Gasteiger partial charge on any atom is -0.294 e. The number of fused-ring (bicyclic) bond motifs is 1. The molecule has 0 saturated heterocycles. The van der Waals surface area contributed by atoms with Crippen molar-refractivity contribution in [2.75, 3.05) is 0 Å². The lowest BCUT2D eigenvalue weighted by molar-refractivity contribution is 0.0914. The lowest BCUT2D eigenvalue weighted by Crippen LogP contribution is -2.14. The third kappa shape index (κ3) is 2.17. The number of benzene rings is 2. The second-order valence-electron chi connectivity index (χ2n) is 4.86. The van der Waals surface area contributed by atoms with E-state index in [0.717, 1.165) is 34.7 Å². The molecule has 2 rings (SSSR count). The van der Waals surface area contributed by atoms with Gasteiger partial charge in [-0.3, -0.25) is 4.79 Å². The molecule has 2 aromatic carbocycles. The Morgan fingerprint density at radius 1 is 1.06 bits per heavy atom. The normalized spacial score (nSPS) is 11.1. The van der Waals surface area contributed by atoms with Gasteiger partial charge < -0.3 is 0 Å². The molecule has 18 heavy (non-hydrogen) atoms. The van der Waals surface area contributed by atoms with Gasteiger partial charge in [0.1, 0.15) is 0 Å². The number of aryl methyl sites for hydroxylation is 1. The number of carbonyl (C=O) groups excluding carboxylic acids is 1. The Morgan fingerprint density at radius 3 is 2.39 bits per heavy atom. The van der Waals surface area contributed by atoms with Crippen LogP contribution < -0.4 is 0 Å². The lowest BCUT2D eigenvalue weighted by atomic mass is 9.88. The van der Waals surface area contributed by atoms with Crippen LogP contribution in [0.3, 0.4) is 0 Å². The van der Waals surface area contributed by atoms with Gasteiger partial charge in [0.2, 0.25) is 0 Å². The van der Waals surface area contributed by atoms with Crippen molar-refractivity contribution in [1.29, 1.82) is 0 Å². The number of carbonyl (C=O) groups is 1. The molecule has 0 aliphatic heterocycles. The first kappa shape index (κ1) is 12.8. The summed E-state index contributed by atoms with van der Waals surface area (Å²) in [5.74, 6) is 0.448. The van der Waals surface area contributed by atoms with Gasteiger partial charge in [-0.05, 0) is 36.1 Å². The molecule has 0 unspecified atom stereocenters. The Morgan fingerprint density at radius 2 is 1.72 bits per heavy atom. The highest BCUT2D eigenvalue weighted by atomic mass is 16.1. The smallest absolute Gasteiger partial charge is 0.166 e. The van der Waals surface area contributed by atoms with Gasteiger partial charge in [-0.1, -0.05) is 50.2 Å². The van der Waals surface area contributed by atoms with Crippen molar-refractivity contribution in [3.8, 4) is 0 Å². The van der Waals surface area contributed by atoms with Gasteiger partial charge in [0.05, 0.1) is 0 Å². The maximum atomic E-state index is 12.6. The second-order valence-corrected chi connectivity index (χ2v) is 4.86. The van der Waals surface area contributed by atoms with E-state index in [2.05, 4.69) is 38.1 Å². The molecule has 0 spiro atoms. The molecule has 0 atom stereocenters. The molecular formula is C17H20O.